The van der Waals surface area contributed by atoms with Crippen LogP contribution in [-0.2, 0) is 13.0 Å². The molecule has 0 aromatic heterocycles. The number of ether oxygens (including phenoxy) is 1. The molecule has 19 heavy (non-hydrogen) atoms. The Labute approximate surface area is 114 Å². The fraction of sp³-hybridized carbons (Fsp3) is 0.294. The van der Waals surface area contributed by atoms with Crippen LogP contribution in [0.1, 0.15) is 22.6 Å². The smallest absolute Gasteiger partial charge is 0.119 e. The third-order valence-electron chi connectivity index (χ3n) is 3.72. The van der Waals surface area contributed by atoms with Gasteiger partial charge >= 0.3 is 0 Å². The molecule has 1 unspecified atom stereocenters. The predicted molar refractivity (Wildman–Crippen MR) is 77.6 cm³/mol. The van der Waals surface area contributed by atoms with Crippen LogP contribution in [0.5, 0.6) is 5.75 Å². The lowest BCUT2D eigenvalue weighted by molar-refractivity contribution is 0.275. The highest BCUT2D eigenvalue weighted by Gasteiger charge is 2.25. The molecule has 0 saturated heterocycles. The highest BCUT2D eigenvalue weighted by Crippen LogP contribution is 2.35. The van der Waals surface area contributed by atoms with Gasteiger partial charge in [-0.15, -0.1) is 0 Å². The molecule has 0 fully saturated rings. The Kier molecular flexibility index (Phi) is 3.51. The largest absolute Gasteiger partial charge is 0.493 e. The first-order valence-electron chi connectivity index (χ1n) is 6.81. The van der Waals surface area contributed by atoms with Gasteiger partial charge in [-0.1, -0.05) is 36.4 Å². The molecule has 2 aromatic rings. The van der Waals surface area contributed by atoms with E-state index in [4.69, 9.17) is 4.74 Å². The molecule has 98 valence electrons. The molecular weight excluding hydrogens is 234 g/mol. The van der Waals surface area contributed by atoms with E-state index >= 15 is 0 Å². The lowest BCUT2D eigenvalue weighted by Crippen LogP contribution is -2.23. The molecule has 0 aliphatic heterocycles. The van der Waals surface area contributed by atoms with E-state index in [0.717, 1.165) is 25.3 Å². The van der Waals surface area contributed by atoms with Crippen LogP contribution in [-0.4, -0.2) is 13.7 Å². The summed E-state index contributed by atoms with van der Waals surface area (Å²) in [7, 11) is 1.96. The zero-order valence-electron chi connectivity index (χ0n) is 11.2. The standard InChI is InChI=1S/C17H19NO/c1-18-11-13-6-8-16(9-7-13)19-12-15-10-14-4-2-3-5-17(14)15/h2-9,15,18H,10-12H2,1H3. The van der Waals surface area contributed by atoms with Crippen LogP contribution in [0.25, 0.3) is 0 Å². The molecule has 0 saturated carbocycles. The highest BCUT2D eigenvalue weighted by molar-refractivity contribution is 5.40. The molecule has 1 atom stereocenters. The molecule has 2 aromatic carbocycles. The lowest BCUT2D eigenvalue weighted by Gasteiger charge is -2.29. The highest BCUT2D eigenvalue weighted by atomic mass is 16.5. The number of fused-ring (bicyclic) bond motifs is 1. The molecule has 1 aliphatic carbocycles. The fourth-order valence-corrected chi connectivity index (χ4v) is 2.62. The second kappa shape index (κ2) is 5.45. The molecule has 3 rings (SSSR count). The summed E-state index contributed by atoms with van der Waals surface area (Å²) in [6.07, 6.45) is 1.15. The van der Waals surface area contributed by atoms with Crippen molar-refractivity contribution in [2.75, 3.05) is 13.7 Å². The number of hydrogen-bond acceptors (Lipinski definition) is 2. The van der Waals surface area contributed by atoms with Crippen molar-refractivity contribution >= 4 is 0 Å². The molecule has 1 aliphatic rings. The quantitative estimate of drug-likeness (QED) is 0.884. The second-order valence-corrected chi connectivity index (χ2v) is 5.09. The van der Waals surface area contributed by atoms with E-state index < -0.39 is 0 Å². The Morgan fingerprint density at radius 1 is 1.11 bits per heavy atom. The Hall–Kier alpha value is -1.80. The third-order valence-corrected chi connectivity index (χ3v) is 3.72. The Balaban J connectivity index is 1.56. The van der Waals surface area contributed by atoms with E-state index in [9.17, 15) is 0 Å². The zero-order valence-corrected chi connectivity index (χ0v) is 11.2. The van der Waals surface area contributed by atoms with E-state index in [-0.39, 0.29) is 0 Å². The first kappa shape index (κ1) is 12.2. The van der Waals surface area contributed by atoms with Crippen molar-refractivity contribution in [3.63, 3.8) is 0 Å². The van der Waals surface area contributed by atoms with E-state index in [0.29, 0.717) is 5.92 Å². The van der Waals surface area contributed by atoms with Crippen molar-refractivity contribution in [3.05, 3.63) is 65.2 Å². The summed E-state index contributed by atoms with van der Waals surface area (Å²) < 4.78 is 5.88. The molecule has 0 amide bonds. The maximum atomic E-state index is 5.88. The first-order valence-corrected chi connectivity index (χ1v) is 6.81. The van der Waals surface area contributed by atoms with Crippen LogP contribution >= 0.6 is 0 Å². The van der Waals surface area contributed by atoms with Gasteiger partial charge in [0, 0.05) is 12.5 Å². The van der Waals surface area contributed by atoms with Gasteiger partial charge in [0.25, 0.3) is 0 Å². The average molecular weight is 253 g/mol. The summed E-state index contributed by atoms with van der Waals surface area (Å²) in [5, 5.41) is 3.14. The maximum absolute atomic E-state index is 5.88. The van der Waals surface area contributed by atoms with Gasteiger partial charge in [0.05, 0.1) is 6.61 Å². The van der Waals surface area contributed by atoms with Crippen molar-refractivity contribution in [2.45, 2.75) is 18.9 Å². The van der Waals surface area contributed by atoms with Crippen LogP contribution in [0.4, 0.5) is 0 Å². The van der Waals surface area contributed by atoms with Crippen molar-refractivity contribution in [1.82, 2.24) is 5.32 Å². The SMILES string of the molecule is CNCc1ccc(OCC2Cc3ccccc32)cc1. The minimum absolute atomic E-state index is 0.563. The summed E-state index contributed by atoms with van der Waals surface area (Å²) in [6, 6.07) is 17.0. The molecule has 1 N–H and O–H groups in total. The molecule has 2 nitrogen and oxygen atoms in total. The molecule has 0 bridgehead atoms. The van der Waals surface area contributed by atoms with Gasteiger partial charge in [-0.25, -0.2) is 0 Å². The summed E-state index contributed by atoms with van der Waals surface area (Å²) in [6.45, 7) is 1.68. The molecule has 0 spiro atoms. The van der Waals surface area contributed by atoms with Crippen molar-refractivity contribution in [1.29, 1.82) is 0 Å². The van der Waals surface area contributed by atoms with Crippen molar-refractivity contribution in [3.8, 4) is 5.75 Å². The van der Waals surface area contributed by atoms with E-state index in [1.165, 1.54) is 16.7 Å². The molecule has 0 heterocycles. The Morgan fingerprint density at radius 2 is 1.89 bits per heavy atom. The summed E-state index contributed by atoms with van der Waals surface area (Å²) >= 11 is 0. The number of benzene rings is 2. The molecule has 0 radical (unpaired) electrons. The van der Waals surface area contributed by atoms with E-state index in [2.05, 4.69) is 53.8 Å². The van der Waals surface area contributed by atoms with Gasteiger partial charge in [0.2, 0.25) is 0 Å². The van der Waals surface area contributed by atoms with Gasteiger partial charge in [0.15, 0.2) is 0 Å². The maximum Gasteiger partial charge on any atom is 0.119 e. The van der Waals surface area contributed by atoms with Gasteiger partial charge in [-0.2, -0.15) is 0 Å². The van der Waals surface area contributed by atoms with Crippen molar-refractivity contribution in [2.24, 2.45) is 0 Å². The topological polar surface area (TPSA) is 21.3 Å². The van der Waals surface area contributed by atoms with Crippen LogP contribution in [0, 0.1) is 0 Å². The minimum Gasteiger partial charge on any atom is -0.493 e. The third kappa shape index (κ3) is 2.64. The van der Waals surface area contributed by atoms with E-state index in [1.54, 1.807) is 0 Å². The monoisotopic (exact) mass is 253 g/mol. The van der Waals surface area contributed by atoms with Gasteiger partial charge < -0.3 is 10.1 Å². The number of nitrogens with one attached hydrogen (secondary N) is 1. The molecular formula is C17H19NO. The summed E-state index contributed by atoms with van der Waals surface area (Å²) in [4.78, 5) is 0. The Bertz CT molecular complexity index is 547. The normalized spacial score (nSPS) is 16.6. The number of hydrogen-bond donors (Lipinski definition) is 1. The van der Waals surface area contributed by atoms with Gasteiger partial charge in [-0.3, -0.25) is 0 Å². The predicted octanol–water partition coefficient (Wildman–Crippen LogP) is 3.12. The van der Waals surface area contributed by atoms with E-state index in [1.807, 2.05) is 7.05 Å². The average Bonchev–Trinajstić information content (AvgIpc) is 2.42. The Morgan fingerprint density at radius 3 is 2.63 bits per heavy atom. The van der Waals surface area contributed by atoms with Gasteiger partial charge in [-0.05, 0) is 42.3 Å². The summed E-state index contributed by atoms with van der Waals surface area (Å²) in [5.74, 6) is 1.53. The first-order chi connectivity index (χ1) is 9.36. The van der Waals surface area contributed by atoms with Gasteiger partial charge in [0.1, 0.15) is 5.75 Å². The second-order valence-electron chi connectivity index (χ2n) is 5.09. The molecule has 2 heteroatoms. The minimum atomic E-state index is 0.563. The summed E-state index contributed by atoms with van der Waals surface area (Å²) in [5.41, 5.74) is 4.21. The van der Waals surface area contributed by atoms with Crippen LogP contribution in [0.15, 0.2) is 48.5 Å². The number of rotatable bonds is 5. The lowest BCUT2D eigenvalue weighted by atomic mass is 9.78. The van der Waals surface area contributed by atoms with Crippen molar-refractivity contribution < 1.29 is 4.74 Å². The fourth-order valence-electron chi connectivity index (χ4n) is 2.62. The van der Waals surface area contributed by atoms with Crippen LogP contribution < -0.4 is 10.1 Å². The van der Waals surface area contributed by atoms with Crippen LogP contribution in [0.2, 0.25) is 0 Å². The zero-order chi connectivity index (χ0) is 13.1. The van der Waals surface area contributed by atoms with Crippen LogP contribution in [0.3, 0.4) is 0 Å².